The Hall–Kier alpha value is -4.57. The molecule has 0 radical (unpaired) electrons. The molecule has 0 aliphatic carbocycles. The molecule has 5 nitrogen and oxygen atoms in total. The summed E-state index contributed by atoms with van der Waals surface area (Å²) in [7, 11) is 0. The number of hydrogen-bond acceptors (Lipinski definition) is 3. The van der Waals surface area contributed by atoms with E-state index in [0.717, 1.165) is 58.0 Å². The summed E-state index contributed by atoms with van der Waals surface area (Å²) in [5.41, 5.74) is 9.69. The Labute approximate surface area is 320 Å². The van der Waals surface area contributed by atoms with E-state index in [1.165, 1.54) is 60.0 Å². The molecule has 0 aliphatic heterocycles. The third-order valence-electron chi connectivity index (χ3n) is 9.61. The Morgan fingerprint density at radius 2 is 1.62 bits per heavy atom. The van der Waals surface area contributed by atoms with E-state index in [1.807, 2.05) is 41.0 Å². The quantitative estimate of drug-likeness (QED) is 0.0746. The zero-order valence-corrected chi connectivity index (χ0v) is 32.3. The van der Waals surface area contributed by atoms with Crippen LogP contribution in [0.4, 0.5) is 4.39 Å². The van der Waals surface area contributed by atoms with E-state index >= 15 is 0 Å². The van der Waals surface area contributed by atoms with Gasteiger partial charge in [0.05, 0.1) is 5.69 Å². The minimum atomic E-state index is -0.347. The molecule has 0 aliphatic rings. The summed E-state index contributed by atoms with van der Waals surface area (Å²) in [5, 5.41) is 7.25. The number of halogens is 1. The van der Waals surface area contributed by atoms with Crippen LogP contribution in [0.1, 0.15) is 82.8 Å². The van der Waals surface area contributed by atoms with Gasteiger partial charge < -0.3 is 9.30 Å². The fourth-order valence-electron chi connectivity index (χ4n) is 7.01. The summed E-state index contributed by atoms with van der Waals surface area (Å²) in [6.07, 6.45) is 7.90. The molecule has 7 aromatic rings. The molecule has 268 valence electrons. The predicted octanol–water partition coefficient (Wildman–Crippen LogP) is 11.9. The summed E-state index contributed by atoms with van der Waals surface area (Å²) < 4.78 is 24.9. The average molecular weight is 783 g/mol. The Bertz CT molecular complexity index is 2330. The first kappa shape index (κ1) is 37.2. The van der Waals surface area contributed by atoms with Gasteiger partial charge in [-0.1, -0.05) is 109 Å². The third kappa shape index (κ3) is 7.49. The fraction of sp³-hybridized carbons (Fsp3) is 0.289. The van der Waals surface area contributed by atoms with E-state index in [4.69, 9.17) is 9.84 Å². The van der Waals surface area contributed by atoms with Gasteiger partial charge in [0.15, 0.2) is 0 Å². The Morgan fingerprint density at radius 1 is 0.827 bits per heavy atom. The van der Waals surface area contributed by atoms with Gasteiger partial charge in [-0.15, -0.1) is 35.7 Å². The van der Waals surface area contributed by atoms with E-state index in [2.05, 4.69) is 99.7 Å². The van der Waals surface area contributed by atoms with Gasteiger partial charge in [-0.05, 0) is 59.0 Å². The van der Waals surface area contributed by atoms with Gasteiger partial charge in [0.2, 0.25) is 0 Å². The molecule has 0 N–H and O–H groups in total. The molecule has 0 unspecified atom stereocenters. The van der Waals surface area contributed by atoms with Crippen LogP contribution in [0, 0.1) is 24.9 Å². The normalized spacial score (nSPS) is 11.7. The zero-order valence-electron chi connectivity index (χ0n) is 30.8. The van der Waals surface area contributed by atoms with Crippen LogP contribution < -0.4 is 4.74 Å². The number of hydrogen-bond donors (Lipinski definition) is 0. The Kier molecular flexibility index (Phi) is 11.1. The van der Waals surface area contributed by atoms with Crippen molar-refractivity contribution in [2.24, 2.45) is 0 Å². The second-order valence-corrected chi connectivity index (χ2v) is 14.5. The number of aryl methyl sites for hydroxylation is 2. The van der Waals surface area contributed by atoms with E-state index in [1.54, 1.807) is 0 Å². The number of ether oxygens (including phenoxy) is 1. The first-order valence-corrected chi connectivity index (χ1v) is 18.2. The van der Waals surface area contributed by atoms with Crippen molar-refractivity contribution >= 4 is 21.8 Å². The van der Waals surface area contributed by atoms with Crippen LogP contribution in [0.3, 0.4) is 0 Å². The van der Waals surface area contributed by atoms with Gasteiger partial charge in [-0.2, -0.15) is 16.7 Å². The molecule has 7 rings (SSSR count). The molecule has 0 atom stereocenters. The topological polar surface area (TPSA) is 44.9 Å². The minimum absolute atomic E-state index is 0. The minimum Gasteiger partial charge on any atom is -0.509 e. The monoisotopic (exact) mass is 782 g/mol. The number of aromatic nitrogens is 4. The molecule has 0 fully saturated rings. The number of pyridine rings is 1. The zero-order chi connectivity index (χ0) is 35.7. The van der Waals surface area contributed by atoms with Crippen LogP contribution in [-0.2, 0) is 38.7 Å². The largest absolute Gasteiger partial charge is 2.00 e. The smallest absolute Gasteiger partial charge is 0.509 e. The maximum atomic E-state index is 14.4. The van der Waals surface area contributed by atoms with Crippen molar-refractivity contribution in [2.45, 2.75) is 85.5 Å². The van der Waals surface area contributed by atoms with Crippen LogP contribution >= 0.6 is 0 Å². The first-order chi connectivity index (χ1) is 24.6. The second kappa shape index (κ2) is 15.6. The summed E-state index contributed by atoms with van der Waals surface area (Å²) in [6.45, 7) is 13.3. The SMILES string of the molecule is CCCCCCc1c(-c2ccc(C(C)(C)C)cc2)c(CC)nn1-c1[c-]c(Oc2[c-]c3c(cc2)c2ccccc2n3-c2cc(F)ccn2)cc(C)c1.[Pd+2]. The van der Waals surface area contributed by atoms with Crippen LogP contribution in [-0.4, -0.2) is 19.3 Å². The van der Waals surface area contributed by atoms with Crippen LogP contribution in [0.15, 0.2) is 91.1 Å². The van der Waals surface area contributed by atoms with Gasteiger partial charge in [-0.25, -0.2) is 9.37 Å². The first-order valence-electron chi connectivity index (χ1n) is 18.2. The number of fused-ring (bicyclic) bond motifs is 3. The molecule has 7 heteroatoms. The van der Waals surface area contributed by atoms with E-state index < -0.39 is 0 Å². The summed E-state index contributed by atoms with van der Waals surface area (Å²) in [5.74, 6) is 1.25. The van der Waals surface area contributed by atoms with Crippen LogP contribution in [0.25, 0.3) is 44.4 Å². The number of unbranched alkanes of at least 4 members (excludes halogenated alkanes) is 3. The predicted molar refractivity (Wildman–Crippen MR) is 206 cm³/mol. The van der Waals surface area contributed by atoms with Crippen molar-refractivity contribution in [3.63, 3.8) is 0 Å². The maximum absolute atomic E-state index is 14.4. The summed E-state index contributed by atoms with van der Waals surface area (Å²) >= 11 is 0. The third-order valence-corrected chi connectivity index (χ3v) is 9.61. The molecule has 4 aromatic carbocycles. The average Bonchev–Trinajstić information content (AvgIpc) is 3.65. The molecule has 0 bridgehead atoms. The van der Waals surface area contributed by atoms with Crippen molar-refractivity contribution in [2.75, 3.05) is 0 Å². The Morgan fingerprint density at radius 3 is 2.35 bits per heavy atom. The van der Waals surface area contributed by atoms with Crippen molar-refractivity contribution in [1.29, 1.82) is 0 Å². The van der Waals surface area contributed by atoms with Gasteiger partial charge in [-0.3, -0.25) is 4.68 Å². The number of para-hydroxylation sites is 1. The second-order valence-electron chi connectivity index (χ2n) is 14.5. The van der Waals surface area contributed by atoms with Gasteiger partial charge >= 0.3 is 20.4 Å². The molecular formula is C45H45FN4OPd. The van der Waals surface area contributed by atoms with Crippen molar-refractivity contribution in [3.05, 3.63) is 132 Å². The van der Waals surface area contributed by atoms with Gasteiger partial charge in [0, 0.05) is 40.5 Å². The fourth-order valence-corrected chi connectivity index (χ4v) is 7.01. The van der Waals surface area contributed by atoms with Crippen molar-refractivity contribution in [3.8, 4) is 34.1 Å². The summed E-state index contributed by atoms with van der Waals surface area (Å²) in [6, 6.07) is 35.0. The Balaban J connectivity index is 0.00000464. The molecule has 52 heavy (non-hydrogen) atoms. The van der Waals surface area contributed by atoms with Crippen molar-refractivity contribution < 1.29 is 29.6 Å². The molecule has 3 heterocycles. The molecule has 0 spiro atoms. The molecule has 0 amide bonds. The molecule has 0 saturated heterocycles. The van der Waals surface area contributed by atoms with E-state index in [0.29, 0.717) is 17.3 Å². The van der Waals surface area contributed by atoms with E-state index in [9.17, 15) is 4.39 Å². The maximum Gasteiger partial charge on any atom is 2.00 e. The number of nitrogens with zero attached hydrogens (tertiary/aromatic N) is 4. The molecular weight excluding hydrogens is 738 g/mol. The van der Waals surface area contributed by atoms with E-state index in [-0.39, 0.29) is 31.7 Å². The molecule has 0 saturated carbocycles. The van der Waals surface area contributed by atoms with Crippen LogP contribution in [0.2, 0.25) is 0 Å². The summed E-state index contributed by atoms with van der Waals surface area (Å²) in [4.78, 5) is 4.49. The van der Waals surface area contributed by atoms with Crippen molar-refractivity contribution in [1.82, 2.24) is 19.3 Å². The van der Waals surface area contributed by atoms with Gasteiger partial charge in [0.25, 0.3) is 0 Å². The van der Waals surface area contributed by atoms with Gasteiger partial charge in [0.1, 0.15) is 11.6 Å². The molecule has 3 aromatic heterocycles. The standard InChI is InChI=1S/C45H45FN4O.Pd/c1-7-9-10-11-16-41-44(31-17-19-32(20-18-31)45(4,5)6)39(8-2)48-50(41)34-25-30(3)26-36(28-34)51-35-21-22-38-37-14-12-13-15-40(37)49(42(38)29-35)43-27-33(46)23-24-47-43;/h12-15,17-27H,7-11,16H2,1-6H3;/q-2;+2. The number of rotatable bonds is 11. The number of benzene rings is 4. The van der Waals surface area contributed by atoms with Crippen LogP contribution in [0.5, 0.6) is 11.5 Å².